The van der Waals surface area contributed by atoms with Gasteiger partial charge in [0.05, 0.1) is 7.11 Å². The van der Waals surface area contributed by atoms with Crippen molar-refractivity contribution in [3.05, 3.63) is 40.9 Å². The van der Waals surface area contributed by atoms with E-state index in [1.165, 1.54) is 0 Å². The zero-order valence-corrected chi connectivity index (χ0v) is 10.9. The van der Waals surface area contributed by atoms with Crippen molar-refractivity contribution in [3.63, 3.8) is 0 Å². The molecule has 0 spiro atoms. The molecule has 0 radical (unpaired) electrons. The number of pyridine rings is 1. The van der Waals surface area contributed by atoms with Crippen LogP contribution < -0.4 is 10.1 Å². The molecule has 2 aromatic heterocycles. The van der Waals surface area contributed by atoms with Crippen molar-refractivity contribution in [3.8, 4) is 5.88 Å². The first kappa shape index (κ1) is 12.6. The first-order chi connectivity index (χ1) is 8.69. The molecule has 0 saturated carbocycles. The minimum atomic E-state index is 0.420. The normalized spacial score (nSPS) is 10.2. The lowest BCUT2D eigenvalue weighted by Gasteiger charge is -2.09. The smallest absolute Gasteiger partial charge is 0.218 e. The summed E-state index contributed by atoms with van der Waals surface area (Å²) < 4.78 is 5.17. The first-order valence-corrected chi connectivity index (χ1v) is 5.80. The number of methoxy groups -OCH3 is 1. The molecule has 2 rings (SSSR count). The van der Waals surface area contributed by atoms with Gasteiger partial charge in [-0.25, -0.2) is 15.0 Å². The van der Waals surface area contributed by atoms with Crippen LogP contribution in [0, 0.1) is 6.92 Å². The van der Waals surface area contributed by atoms with Crippen molar-refractivity contribution < 1.29 is 4.74 Å². The summed E-state index contributed by atoms with van der Waals surface area (Å²) in [4.78, 5) is 12.4. The van der Waals surface area contributed by atoms with Crippen LogP contribution in [0.3, 0.4) is 0 Å². The molecular weight excluding hydrogens is 252 g/mol. The number of nitrogens with zero attached hydrogens (tertiary/aromatic N) is 3. The zero-order valence-electron chi connectivity index (χ0n) is 10.1. The van der Waals surface area contributed by atoms with Crippen LogP contribution in [-0.2, 0) is 6.54 Å². The van der Waals surface area contributed by atoms with Crippen LogP contribution in [-0.4, -0.2) is 22.1 Å². The molecule has 18 heavy (non-hydrogen) atoms. The van der Waals surface area contributed by atoms with E-state index < -0.39 is 0 Å². The van der Waals surface area contributed by atoms with Crippen LogP contribution in [0.15, 0.2) is 24.4 Å². The lowest BCUT2D eigenvalue weighted by atomic mass is 10.2. The van der Waals surface area contributed by atoms with E-state index in [4.69, 9.17) is 16.3 Å². The summed E-state index contributed by atoms with van der Waals surface area (Å²) in [6.45, 7) is 2.35. The molecule has 6 heteroatoms. The Bertz CT molecular complexity index is 527. The fraction of sp³-hybridized carbons (Fsp3) is 0.250. The van der Waals surface area contributed by atoms with E-state index in [1.807, 2.05) is 12.1 Å². The fourth-order valence-electron chi connectivity index (χ4n) is 1.55. The number of aryl methyl sites for hydroxylation is 1. The average Bonchev–Trinajstić information content (AvgIpc) is 2.35. The second kappa shape index (κ2) is 5.64. The second-order valence-corrected chi connectivity index (χ2v) is 4.04. The standard InChI is InChI=1S/C12H13ClN4O/c1-8-16-10(13)6-11(17-8)15-7-9-4-3-5-14-12(9)18-2/h3-6H,7H2,1-2H3,(H,15,16,17). The van der Waals surface area contributed by atoms with Gasteiger partial charge in [0.2, 0.25) is 5.88 Å². The third kappa shape index (κ3) is 3.07. The van der Waals surface area contributed by atoms with Gasteiger partial charge in [0, 0.05) is 24.4 Å². The van der Waals surface area contributed by atoms with Crippen molar-refractivity contribution in [2.45, 2.75) is 13.5 Å². The van der Waals surface area contributed by atoms with Crippen LogP contribution in [0.4, 0.5) is 5.82 Å². The minimum absolute atomic E-state index is 0.420. The summed E-state index contributed by atoms with van der Waals surface area (Å²) in [5.41, 5.74) is 0.951. The monoisotopic (exact) mass is 264 g/mol. The molecule has 0 fully saturated rings. The molecule has 0 bridgehead atoms. The molecule has 0 aliphatic carbocycles. The maximum atomic E-state index is 5.86. The Balaban J connectivity index is 2.11. The van der Waals surface area contributed by atoms with Gasteiger partial charge in [-0.2, -0.15) is 0 Å². The Hall–Kier alpha value is -1.88. The SMILES string of the molecule is COc1ncccc1CNc1cc(Cl)nc(C)n1. The van der Waals surface area contributed by atoms with Gasteiger partial charge in [0.1, 0.15) is 16.8 Å². The lowest BCUT2D eigenvalue weighted by molar-refractivity contribution is 0.393. The Morgan fingerprint density at radius 3 is 2.94 bits per heavy atom. The Labute approximate surface area is 110 Å². The van der Waals surface area contributed by atoms with E-state index in [-0.39, 0.29) is 0 Å². The molecule has 5 nitrogen and oxygen atoms in total. The number of anilines is 1. The van der Waals surface area contributed by atoms with E-state index in [1.54, 1.807) is 26.3 Å². The molecule has 0 saturated heterocycles. The first-order valence-electron chi connectivity index (χ1n) is 5.42. The average molecular weight is 265 g/mol. The summed E-state index contributed by atoms with van der Waals surface area (Å²) in [7, 11) is 1.59. The van der Waals surface area contributed by atoms with Crippen molar-refractivity contribution in [1.29, 1.82) is 0 Å². The molecule has 0 amide bonds. The van der Waals surface area contributed by atoms with E-state index >= 15 is 0 Å². The number of aromatic nitrogens is 3. The lowest BCUT2D eigenvalue weighted by Crippen LogP contribution is -2.05. The number of nitrogens with one attached hydrogen (secondary N) is 1. The van der Waals surface area contributed by atoms with Crippen LogP contribution in [0.25, 0.3) is 0 Å². The van der Waals surface area contributed by atoms with Gasteiger partial charge in [-0.15, -0.1) is 0 Å². The summed E-state index contributed by atoms with van der Waals surface area (Å²) in [6.07, 6.45) is 1.69. The molecule has 0 aliphatic heterocycles. The quantitative estimate of drug-likeness (QED) is 0.860. The summed E-state index contributed by atoms with van der Waals surface area (Å²) in [6, 6.07) is 5.48. The highest BCUT2D eigenvalue weighted by molar-refractivity contribution is 6.29. The molecule has 0 aromatic carbocycles. The maximum absolute atomic E-state index is 5.86. The molecule has 1 N–H and O–H groups in total. The molecule has 94 valence electrons. The van der Waals surface area contributed by atoms with Crippen LogP contribution in [0.1, 0.15) is 11.4 Å². The van der Waals surface area contributed by atoms with Gasteiger partial charge in [0.25, 0.3) is 0 Å². The van der Waals surface area contributed by atoms with Crippen molar-refractivity contribution >= 4 is 17.4 Å². The van der Waals surface area contributed by atoms with E-state index in [0.717, 1.165) is 5.56 Å². The van der Waals surface area contributed by atoms with E-state index in [0.29, 0.717) is 29.2 Å². The molecular formula is C12H13ClN4O. The number of rotatable bonds is 4. The van der Waals surface area contributed by atoms with Gasteiger partial charge < -0.3 is 10.1 Å². The summed E-state index contributed by atoms with van der Waals surface area (Å²) in [5.74, 6) is 1.91. The highest BCUT2D eigenvalue weighted by Gasteiger charge is 2.04. The van der Waals surface area contributed by atoms with Crippen molar-refractivity contribution in [2.75, 3.05) is 12.4 Å². The maximum Gasteiger partial charge on any atom is 0.218 e. The van der Waals surface area contributed by atoms with Gasteiger partial charge in [-0.3, -0.25) is 0 Å². The van der Waals surface area contributed by atoms with Crippen LogP contribution in [0.5, 0.6) is 5.88 Å². The Kier molecular flexibility index (Phi) is 3.94. The number of hydrogen-bond acceptors (Lipinski definition) is 5. The molecule has 2 aromatic rings. The zero-order chi connectivity index (χ0) is 13.0. The highest BCUT2D eigenvalue weighted by atomic mass is 35.5. The van der Waals surface area contributed by atoms with Gasteiger partial charge in [0.15, 0.2) is 0 Å². The predicted octanol–water partition coefficient (Wildman–Crippen LogP) is 2.45. The second-order valence-electron chi connectivity index (χ2n) is 3.65. The van der Waals surface area contributed by atoms with Gasteiger partial charge in [-0.1, -0.05) is 17.7 Å². The van der Waals surface area contributed by atoms with Crippen LogP contribution in [0.2, 0.25) is 5.15 Å². The third-order valence-electron chi connectivity index (χ3n) is 2.31. The number of ether oxygens (including phenoxy) is 1. The molecule has 2 heterocycles. The van der Waals surface area contributed by atoms with E-state index in [9.17, 15) is 0 Å². The summed E-state index contributed by atoms with van der Waals surface area (Å²) in [5, 5.41) is 3.58. The van der Waals surface area contributed by atoms with Gasteiger partial charge >= 0.3 is 0 Å². The third-order valence-corrected chi connectivity index (χ3v) is 2.50. The topological polar surface area (TPSA) is 59.9 Å². The van der Waals surface area contributed by atoms with Crippen LogP contribution >= 0.6 is 11.6 Å². The molecule has 0 unspecified atom stereocenters. The largest absolute Gasteiger partial charge is 0.481 e. The van der Waals surface area contributed by atoms with Crippen molar-refractivity contribution in [2.24, 2.45) is 0 Å². The van der Waals surface area contributed by atoms with Crippen molar-refractivity contribution in [1.82, 2.24) is 15.0 Å². The number of halogens is 1. The Morgan fingerprint density at radius 1 is 1.39 bits per heavy atom. The molecule has 0 atom stereocenters. The highest BCUT2D eigenvalue weighted by Crippen LogP contribution is 2.16. The van der Waals surface area contributed by atoms with E-state index in [2.05, 4.69) is 20.3 Å². The van der Waals surface area contributed by atoms with Gasteiger partial charge in [-0.05, 0) is 13.0 Å². The summed E-state index contributed by atoms with van der Waals surface area (Å²) >= 11 is 5.86. The fourth-order valence-corrected chi connectivity index (χ4v) is 1.78. The number of hydrogen-bond donors (Lipinski definition) is 1. The predicted molar refractivity (Wildman–Crippen MR) is 69.9 cm³/mol. The molecule has 0 aliphatic rings. The minimum Gasteiger partial charge on any atom is -0.481 e. The Morgan fingerprint density at radius 2 is 2.22 bits per heavy atom.